The molecule has 0 aromatic carbocycles. The van der Waals surface area contributed by atoms with E-state index in [1.807, 2.05) is 0 Å². The van der Waals surface area contributed by atoms with Gasteiger partial charge in [-0.1, -0.05) is 0 Å². The standard InChI is InChI=1S/C6H6F9O4Si/c1-2-17-20(18-5(13,14)3(7,8)9)19-6(15,16)4(10,11)12/h16H,2H2,1H3. The van der Waals surface area contributed by atoms with Crippen LogP contribution in [0.4, 0.5) is 39.5 Å². The number of aliphatic hydroxyl groups is 1. The summed E-state index contributed by atoms with van der Waals surface area (Å²) < 4.78 is 118. The minimum Gasteiger partial charge on any atom is -0.371 e. The van der Waals surface area contributed by atoms with Gasteiger partial charge in [0.05, 0.1) is 0 Å². The van der Waals surface area contributed by atoms with Crippen LogP contribution in [0.3, 0.4) is 0 Å². The summed E-state index contributed by atoms with van der Waals surface area (Å²) in [4.78, 5) is 0. The van der Waals surface area contributed by atoms with Crippen LogP contribution >= 0.6 is 0 Å². The van der Waals surface area contributed by atoms with Crippen molar-refractivity contribution in [2.24, 2.45) is 0 Å². The van der Waals surface area contributed by atoms with Gasteiger partial charge in [0.25, 0.3) is 0 Å². The van der Waals surface area contributed by atoms with E-state index in [1.165, 1.54) is 0 Å². The average molecular weight is 341 g/mol. The Labute approximate surface area is 107 Å². The van der Waals surface area contributed by atoms with E-state index in [9.17, 15) is 39.5 Å². The van der Waals surface area contributed by atoms with Crippen molar-refractivity contribution in [1.29, 1.82) is 0 Å². The first-order chi connectivity index (χ1) is 8.64. The minimum absolute atomic E-state index is 0.740. The molecule has 0 amide bonds. The lowest BCUT2D eigenvalue weighted by Crippen LogP contribution is -2.52. The third kappa shape index (κ3) is 5.08. The van der Waals surface area contributed by atoms with Gasteiger partial charge in [0.2, 0.25) is 0 Å². The molecule has 4 nitrogen and oxygen atoms in total. The Kier molecular flexibility index (Phi) is 5.87. The molecule has 0 bridgehead atoms. The lowest BCUT2D eigenvalue weighted by atomic mass is 10.6. The molecule has 0 heterocycles. The molecule has 1 radical (unpaired) electrons. The molecular formula is C6H6F9O4Si. The molecule has 14 heteroatoms. The summed E-state index contributed by atoms with van der Waals surface area (Å²) in [7, 11) is -4.59. The van der Waals surface area contributed by atoms with Crippen LogP contribution in [0.1, 0.15) is 6.92 Å². The van der Waals surface area contributed by atoms with Gasteiger partial charge in [0.1, 0.15) is 0 Å². The first-order valence-electron chi connectivity index (χ1n) is 4.44. The van der Waals surface area contributed by atoms with Crippen molar-refractivity contribution in [2.45, 2.75) is 31.4 Å². The maximum Gasteiger partial charge on any atom is 0.586 e. The van der Waals surface area contributed by atoms with Gasteiger partial charge in [-0.3, -0.25) is 0 Å². The van der Waals surface area contributed by atoms with Crippen LogP contribution < -0.4 is 0 Å². The highest BCUT2D eigenvalue weighted by atomic mass is 28.3. The number of hydrogen-bond donors (Lipinski definition) is 1. The summed E-state index contributed by atoms with van der Waals surface area (Å²) in [6, 6.07) is -5.50. The first kappa shape index (κ1) is 19.4. The van der Waals surface area contributed by atoms with Gasteiger partial charge in [-0.15, -0.1) is 0 Å². The van der Waals surface area contributed by atoms with E-state index in [0.29, 0.717) is 0 Å². The topological polar surface area (TPSA) is 47.9 Å². The molecule has 0 fully saturated rings. The minimum atomic E-state index is -6.30. The second-order valence-corrected chi connectivity index (χ2v) is 4.16. The molecule has 0 rings (SSSR count). The maximum absolute atomic E-state index is 12.6. The molecule has 1 unspecified atom stereocenters. The van der Waals surface area contributed by atoms with E-state index in [2.05, 4.69) is 13.3 Å². The second-order valence-electron chi connectivity index (χ2n) is 2.96. The number of rotatable bonds is 6. The van der Waals surface area contributed by atoms with Crippen molar-refractivity contribution in [3.8, 4) is 0 Å². The number of hydrogen-bond acceptors (Lipinski definition) is 4. The Bertz CT molecular complexity index is 287. The van der Waals surface area contributed by atoms with Crippen LogP contribution in [0.5, 0.6) is 0 Å². The van der Waals surface area contributed by atoms with Crippen LogP contribution in [0.15, 0.2) is 0 Å². The molecule has 1 atom stereocenters. The van der Waals surface area contributed by atoms with Crippen molar-refractivity contribution in [2.75, 3.05) is 6.61 Å². The zero-order valence-corrected chi connectivity index (χ0v) is 10.3. The number of alkyl halides is 9. The summed E-state index contributed by atoms with van der Waals surface area (Å²) in [6.07, 6.45) is -18.4. The van der Waals surface area contributed by atoms with Crippen LogP contribution in [0.25, 0.3) is 0 Å². The van der Waals surface area contributed by atoms with Crippen LogP contribution in [-0.2, 0) is 13.3 Å². The summed E-state index contributed by atoms with van der Waals surface area (Å²) >= 11 is 0. The predicted molar refractivity (Wildman–Crippen MR) is 42.7 cm³/mol. The van der Waals surface area contributed by atoms with E-state index >= 15 is 0 Å². The van der Waals surface area contributed by atoms with Gasteiger partial charge in [-0.2, -0.15) is 39.5 Å². The Morgan fingerprint density at radius 3 is 1.60 bits per heavy atom. The molecule has 0 aromatic heterocycles. The SMILES string of the molecule is CCO[Si](OC(O)(F)C(F)(F)F)OC(F)(F)C(F)(F)F. The highest BCUT2D eigenvalue weighted by Crippen LogP contribution is 2.39. The summed E-state index contributed by atoms with van der Waals surface area (Å²) in [5, 5.41) is 8.17. The first-order valence-corrected chi connectivity index (χ1v) is 5.67. The molecule has 121 valence electrons. The molecule has 0 saturated heterocycles. The number of halogens is 9. The average Bonchev–Trinajstić information content (AvgIpc) is 2.12. The highest BCUT2D eigenvalue weighted by Gasteiger charge is 2.65. The van der Waals surface area contributed by atoms with Crippen LogP contribution in [-0.4, -0.2) is 45.7 Å². The monoisotopic (exact) mass is 341 g/mol. The van der Waals surface area contributed by atoms with Crippen molar-refractivity contribution in [1.82, 2.24) is 0 Å². The molecule has 0 aliphatic rings. The zero-order chi connectivity index (χ0) is 16.4. The second kappa shape index (κ2) is 6.04. The van der Waals surface area contributed by atoms with E-state index in [1.54, 1.807) is 0 Å². The predicted octanol–water partition coefficient (Wildman–Crippen LogP) is 2.37. The van der Waals surface area contributed by atoms with Crippen molar-refractivity contribution in [3.63, 3.8) is 0 Å². The van der Waals surface area contributed by atoms with Crippen molar-refractivity contribution < 1.29 is 57.9 Å². The van der Waals surface area contributed by atoms with Gasteiger partial charge in [0, 0.05) is 6.61 Å². The highest BCUT2D eigenvalue weighted by molar-refractivity contribution is 6.36. The molecule has 0 aromatic rings. The van der Waals surface area contributed by atoms with E-state index in [-0.39, 0.29) is 0 Å². The summed E-state index contributed by atoms with van der Waals surface area (Å²) in [5.74, 6) is 0. The van der Waals surface area contributed by atoms with Gasteiger partial charge in [-0.25, -0.2) is 0 Å². The fraction of sp³-hybridized carbons (Fsp3) is 1.00. The lowest BCUT2D eigenvalue weighted by Gasteiger charge is -2.27. The molecule has 0 aliphatic heterocycles. The fourth-order valence-electron chi connectivity index (χ4n) is 0.528. The maximum atomic E-state index is 12.6. The molecule has 0 spiro atoms. The van der Waals surface area contributed by atoms with Gasteiger partial charge in [0.15, 0.2) is 0 Å². The Morgan fingerprint density at radius 1 is 0.850 bits per heavy atom. The van der Waals surface area contributed by atoms with E-state index < -0.39 is 40.6 Å². The summed E-state index contributed by atoms with van der Waals surface area (Å²) in [5.41, 5.74) is 0. The van der Waals surface area contributed by atoms with Crippen LogP contribution in [0.2, 0.25) is 0 Å². The Hall–Kier alpha value is -0.573. The zero-order valence-electron chi connectivity index (χ0n) is 9.28. The van der Waals surface area contributed by atoms with Crippen LogP contribution in [0, 0.1) is 0 Å². The molecule has 20 heavy (non-hydrogen) atoms. The third-order valence-electron chi connectivity index (χ3n) is 1.37. The van der Waals surface area contributed by atoms with Gasteiger partial charge >= 0.3 is 34.0 Å². The van der Waals surface area contributed by atoms with Gasteiger partial charge < -0.3 is 18.4 Å². The Morgan fingerprint density at radius 2 is 1.30 bits per heavy atom. The molecule has 0 aliphatic carbocycles. The normalized spacial score (nSPS) is 17.4. The Balaban J connectivity index is 5.02. The van der Waals surface area contributed by atoms with E-state index in [0.717, 1.165) is 6.92 Å². The molecular weight excluding hydrogens is 335 g/mol. The van der Waals surface area contributed by atoms with Crippen molar-refractivity contribution >= 4 is 9.53 Å². The van der Waals surface area contributed by atoms with E-state index in [4.69, 9.17) is 5.11 Å². The lowest BCUT2D eigenvalue weighted by molar-refractivity contribution is -0.415. The molecule has 0 saturated carbocycles. The quantitative estimate of drug-likeness (QED) is 0.458. The largest absolute Gasteiger partial charge is 0.586 e. The fourth-order valence-corrected chi connectivity index (χ4v) is 1.59. The van der Waals surface area contributed by atoms with Gasteiger partial charge in [-0.05, 0) is 6.92 Å². The van der Waals surface area contributed by atoms with Crippen molar-refractivity contribution in [3.05, 3.63) is 0 Å². The molecule has 1 N–H and O–H groups in total. The summed E-state index contributed by atoms with van der Waals surface area (Å²) in [6.45, 7) is 0.226. The smallest absolute Gasteiger partial charge is 0.371 e. The third-order valence-corrected chi connectivity index (χ3v) is 2.76.